The Morgan fingerprint density at radius 2 is 1.76 bits per heavy atom. The highest BCUT2D eigenvalue weighted by Crippen LogP contribution is 2.59. The molecule has 3 fully saturated rings. The Hall–Kier alpha value is -1.15. The van der Waals surface area contributed by atoms with E-state index in [4.69, 9.17) is 24.7 Å². The van der Waals surface area contributed by atoms with Crippen LogP contribution >= 0.6 is 0 Å². The standard InChI is InChI=1S/C27H48N2O5/c1-20(2)13-14-22-26(3,34-22)24-23(31-4)21(15-16-27(24)19-32-27)33-25(30)29-18-12-10-8-6-5-7-9-11-17-28/h13,21-24H,5-12,14-19,28H2,1-4H3,(H,29,30)/t21?,22-,23?,24?,26+,27+/m1/s1. The predicted octanol–water partition coefficient (Wildman–Crippen LogP) is 4.87. The van der Waals surface area contributed by atoms with Gasteiger partial charge in [-0.15, -0.1) is 0 Å². The van der Waals surface area contributed by atoms with Crippen LogP contribution < -0.4 is 11.1 Å². The predicted molar refractivity (Wildman–Crippen MR) is 134 cm³/mol. The molecule has 0 aromatic carbocycles. The van der Waals surface area contributed by atoms with Crippen molar-refractivity contribution < 1.29 is 23.7 Å². The number of carbonyl (C=O) groups is 1. The SMILES string of the molecule is COC1C(OC(=O)NCCCCCCCCCCN)CC[C@]2(CO2)C1[C@@]1(C)O[C@@H]1CC=C(C)C. The molecule has 7 heteroatoms. The van der Waals surface area contributed by atoms with Crippen molar-refractivity contribution in [1.29, 1.82) is 0 Å². The molecule has 1 aliphatic carbocycles. The van der Waals surface area contributed by atoms with Crippen LogP contribution in [-0.4, -0.2) is 62.4 Å². The second-order valence-corrected chi connectivity index (χ2v) is 10.9. The topological polar surface area (TPSA) is 98.6 Å². The summed E-state index contributed by atoms with van der Waals surface area (Å²) in [6, 6.07) is 0. The molecule has 34 heavy (non-hydrogen) atoms. The molecule has 1 saturated carbocycles. The van der Waals surface area contributed by atoms with Gasteiger partial charge in [-0.25, -0.2) is 4.79 Å². The van der Waals surface area contributed by atoms with E-state index in [9.17, 15) is 4.79 Å². The lowest BCUT2D eigenvalue weighted by Gasteiger charge is -2.42. The maximum atomic E-state index is 12.5. The van der Waals surface area contributed by atoms with Crippen LogP contribution in [0.4, 0.5) is 4.79 Å². The number of hydrogen-bond donors (Lipinski definition) is 2. The molecule has 3 aliphatic rings. The van der Waals surface area contributed by atoms with E-state index in [1.54, 1.807) is 7.11 Å². The van der Waals surface area contributed by atoms with Crippen LogP contribution in [-0.2, 0) is 18.9 Å². The molecule has 0 radical (unpaired) electrons. The Balaban J connectivity index is 1.41. The lowest BCUT2D eigenvalue weighted by Crippen LogP contribution is -2.56. The summed E-state index contributed by atoms with van der Waals surface area (Å²) in [6.45, 7) is 8.56. The van der Waals surface area contributed by atoms with Crippen LogP contribution in [0.2, 0.25) is 0 Å². The largest absolute Gasteiger partial charge is 0.443 e. The number of nitrogens with two attached hydrogens (primary N) is 1. The van der Waals surface area contributed by atoms with Crippen molar-refractivity contribution in [1.82, 2.24) is 5.32 Å². The zero-order valence-corrected chi connectivity index (χ0v) is 21.9. The van der Waals surface area contributed by atoms with Gasteiger partial charge in [0.05, 0.1) is 18.6 Å². The highest BCUT2D eigenvalue weighted by atomic mass is 16.6. The zero-order chi connectivity index (χ0) is 24.6. The van der Waals surface area contributed by atoms with Crippen LogP contribution in [0.3, 0.4) is 0 Å². The van der Waals surface area contributed by atoms with Crippen molar-refractivity contribution >= 4 is 6.09 Å². The van der Waals surface area contributed by atoms with Gasteiger partial charge in [0, 0.05) is 13.7 Å². The zero-order valence-electron chi connectivity index (χ0n) is 21.9. The Labute approximate surface area is 206 Å². The van der Waals surface area contributed by atoms with Crippen LogP contribution in [0.25, 0.3) is 0 Å². The van der Waals surface area contributed by atoms with Crippen molar-refractivity contribution in [3.63, 3.8) is 0 Å². The third kappa shape index (κ3) is 7.19. The fourth-order valence-electron chi connectivity index (χ4n) is 5.77. The van der Waals surface area contributed by atoms with Gasteiger partial charge in [0.2, 0.25) is 0 Å². The van der Waals surface area contributed by atoms with Crippen molar-refractivity contribution in [3.05, 3.63) is 11.6 Å². The summed E-state index contributed by atoms with van der Waals surface area (Å²) < 4.78 is 24.0. The molecule has 196 valence electrons. The van der Waals surface area contributed by atoms with Gasteiger partial charge in [-0.3, -0.25) is 0 Å². The normalized spacial score (nSPS) is 34.0. The average Bonchev–Trinajstić information content (AvgIpc) is 3.72. The summed E-state index contributed by atoms with van der Waals surface area (Å²) in [6.07, 6.45) is 13.5. The van der Waals surface area contributed by atoms with Crippen molar-refractivity contribution in [2.24, 2.45) is 11.7 Å². The summed E-state index contributed by atoms with van der Waals surface area (Å²) in [5.41, 5.74) is 6.31. The molecule has 0 aromatic rings. The molecule has 1 spiro atoms. The molecular formula is C27H48N2O5. The molecule has 2 heterocycles. The van der Waals surface area contributed by atoms with Crippen molar-refractivity contribution in [3.8, 4) is 0 Å². The van der Waals surface area contributed by atoms with E-state index in [1.807, 2.05) is 0 Å². The number of allylic oxidation sites excluding steroid dienone is 1. The number of methoxy groups -OCH3 is 1. The summed E-state index contributed by atoms with van der Waals surface area (Å²) in [7, 11) is 1.71. The molecule has 3 rings (SSSR count). The Bertz CT molecular complexity index is 676. The maximum absolute atomic E-state index is 12.5. The van der Waals surface area contributed by atoms with Gasteiger partial charge in [0.15, 0.2) is 0 Å². The van der Waals surface area contributed by atoms with E-state index >= 15 is 0 Å². The van der Waals surface area contributed by atoms with Gasteiger partial charge in [-0.2, -0.15) is 0 Å². The molecule has 0 bridgehead atoms. The number of nitrogens with one attached hydrogen (secondary N) is 1. The molecule has 6 atom stereocenters. The molecular weight excluding hydrogens is 432 g/mol. The number of hydrogen-bond acceptors (Lipinski definition) is 6. The first kappa shape index (κ1) is 27.4. The first-order valence-electron chi connectivity index (χ1n) is 13.5. The van der Waals surface area contributed by atoms with Crippen LogP contribution in [0.1, 0.15) is 91.4 Å². The van der Waals surface area contributed by atoms with E-state index in [0.29, 0.717) is 6.54 Å². The summed E-state index contributed by atoms with van der Waals surface area (Å²) in [5, 5.41) is 2.94. The maximum Gasteiger partial charge on any atom is 0.407 e. The molecule has 7 nitrogen and oxygen atoms in total. The average molecular weight is 481 g/mol. The molecule has 0 aromatic heterocycles. The monoisotopic (exact) mass is 480 g/mol. The third-order valence-electron chi connectivity index (χ3n) is 7.90. The number of amides is 1. The van der Waals surface area contributed by atoms with E-state index in [0.717, 1.165) is 51.7 Å². The van der Waals surface area contributed by atoms with Gasteiger partial charge < -0.3 is 30.0 Å². The van der Waals surface area contributed by atoms with Gasteiger partial charge in [0.1, 0.15) is 23.4 Å². The first-order chi connectivity index (χ1) is 16.4. The molecule has 2 aliphatic heterocycles. The van der Waals surface area contributed by atoms with Crippen LogP contribution in [0, 0.1) is 5.92 Å². The number of alkyl carbamates (subject to hydrolysis) is 1. The molecule has 2 saturated heterocycles. The third-order valence-corrected chi connectivity index (χ3v) is 7.90. The van der Waals surface area contributed by atoms with Gasteiger partial charge in [0.25, 0.3) is 0 Å². The minimum atomic E-state index is -0.344. The number of carbonyl (C=O) groups excluding carboxylic acids is 1. The lowest BCUT2D eigenvalue weighted by atomic mass is 9.68. The first-order valence-corrected chi connectivity index (χ1v) is 13.5. The highest BCUT2D eigenvalue weighted by Gasteiger charge is 2.72. The van der Waals surface area contributed by atoms with Gasteiger partial charge in [-0.1, -0.05) is 50.2 Å². The van der Waals surface area contributed by atoms with E-state index < -0.39 is 0 Å². The van der Waals surface area contributed by atoms with Gasteiger partial charge in [-0.05, 0) is 59.4 Å². The fourth-order valence-corrected chi connectivity index (χ4v) is 5.77. The molecule has 1 amide bonds. The van der Waals surface area contributed by atoms with E-state index in [-0.39, 0.29) is 41.5 Å². The number of epoxide rings is 2. The Kier molecular flexibility index (Phi) is 10.3. The second-order valence-electron chi connectivity index (χ2n) is 10.9. The minimum Gasteiger partial charge on any atom is -0.443 e. The van der Waals surface area contributed by atoms with Gasteiger partial charge >= 0.3 is 6.09 Å². The number of unbranched alkanes of at least 4 members (excludes halogenated alkanes) is 7. The fraction of sp³-hybridized carbons (Fsp3) is 0.889. The smallest absolute Gasteiger partial charge is 0.407 e. The molecule has 3 N–H and O–H groups in total. The second kappa shape index (κ2) is 12.7. The number of rotatable bonds is 15. The van der Waals surface area contributed by atoms with Crippen molar-refractivity contribution in [2.75, 3.05) is 26.8 Å². The minimum absolute atomic E-state index is 0.0527. The highest BCUT2D eigenvalue weighted by molar-refractivity contribution is 5.67. The Morgan fingerprint density at radius 1 is 1.12 bits per heavy atom. The Morgan fingerprint density at radius 3 is 2.35 bits per heavy atom. The summed E-state index contributed by atoms with van der Waals surface area (Å²) in [5.74, 6) is 0.0527. The van der Waals surface area contributed by atoms with Crippen LogP contribution in [0.15, 0.2) is 11.6 Å². The summed E-state index contributed by atoms with van der Waals surface area (Å²) in [4.78, 5) is 12.5. The number of ether oxygens (including phenoxy) is 4. The van der Waals surface area contributed by atoms with Crippen LogP contribution in [0.5, 0.6) is 0 Å². The van der Waals surface area contributed by atoms with E-state index in [1.165, 1.54) is 37.7 Å². The van der Waals surface area contributed by atoms with E-state index in [2.05, 4.69) is 32.2 Å². The lowest BCUT2D eigenvalue weighted by molar-refractivity contribution is -0.118. The summed E-state index contributed by atoms with van der Waals surface area (Å²) >= 11 is 0. The van der Waals surface area contributed by atoms with Crippen molar-refractivity contribution in [2.45, 2.75) is 121 Å². The molecule has 3 unspecified atom stereocenters. The quantitative estimate of drug-likeness (QED) is 0.197.